The molecule has 1 N–H and O–H groups in total. The minimum absolute atomic E-state index is 0.0562. The van der Waals surface area contributed by atoms with E-state index in [-0.39, 0.29) is 5.91 Å². The van der Waals surface area contributed by atoms with Crippen molar-refractivity contribution in [3.05, 3.63) is 101 Å². The second-order valence-corrected chi connectivity index (χ2v) is 9.42. The summed E-state index contributed by atoms with van der Waals surface area (Å²) in [5.41, 5.74) is 4.37. The highest BCUT2D eigenvalue weighted by molar-refractivity contribution is 5.94. The molecule has 178 valence electrons. The monoisotopic (exact) mass is 456 g/mol. The molecule has 34 heavy (non-hydrogen) atoms. The van der Waals surface area contributed by atoms with E-state index < -0.39 is 0 Å². The maximum Gasteiger partial charge on any atom is 0.251 e. The zero-order valence-electron chi connectivity index (χ0n) is 20.4. The van der Waals surface area contributed by atoms with E-state index in [1.807, 2.05) is 54.6 Å². The van der Waals surface area contributed by atoms with Crippen molar-refractivity contribution in [3.8, 4) is 5.75 Å². The largest absolute Gasteiger partial charge is 0.489 e. The molecule has 2 atom stereocenters. The summed E-state index contributed by atoms with van der Waals surface area (Å²) in [5, 5.41) is 3.03. The molecule has 1 heterocycles. The number of carbonyl (C=O) groups excluding carboxylic acids is 1. The fourth-order valence-corrected chi connectivity index (χ4v) is 4.67. The summed E-state index contributed by atoms with van der Waals surface area (Å²) >= 11 is 0. The predicted molar refractivity (Wildman–Crippen MR) is 138 cm³/mol. The van der Waals surface area contributed by atoms with E-state index in [9.17, 15) is 4.79 Å². The Kier molecular flexibility index (Phi) is 8.37. The van der Waals surface area contributed by atoms with Gasteiger partial charge in [0.2, 0.25) is 0 Å². The summed E-state index contributed by atoms with van der Waals surface area (Å²) in [6.07, 6.45) is 4.76. The average Bonchev–Trinajstić information content (AvgIpc) is 2.87. The molecule has 0 aromatic heterocycles. The van der Waals surface area contributed by atoms with E-state index in [4.69, 9.17) is 4.74 Å². The normalized spacial score (nSPS) is 18.4. The molecule has 4 rings (SSSR count). The van der Waals surface area contributed by atoms with Gasteiger partial charge in [0.05, 0.1) is 0 Å². The third kappa shape index (κ3) is 6.71. The van der Waals surface area contributed by atoms with Crippen LogP contribution in [-0.2, 0) is 19.6 Å². The molecule has 1 aliphatic heterocycles. The number of hydrogen-bond acceptors (Lipinski definition) is 3. The number of ether oxygens (including phenoxy) is 1. The first-order chi connectivity index (χ1) is 16.6. The summed E-state index contributed by atoms with van der Waals surface area (Å²) in [6, 6.07) is 27.5. The summed E-state index contributed by atoms with van der Waals surface area (Å²) in [7, 11) is 0. The molecule has 0 bridgehead atoms. The molecule has 0 radical (unpaired) electrons. The lowest BCUT2D eigenvalue weighted by Crippen LogP contribution is -2.42. The number of nitrogens with zero attached hydrogens (tertiary/aromatic N) is 1. The predicted octanol–water partition coefficient (Wildman–Crippen LogP) is 6.00. The van der Waals surface area contributed by atoms with Crippen LogP contribution in [0.5, 0.6) is 5.75 Å². The van der Waals surface area contributed by atoms with Gasteiger partial charge >= 0.3 is 0 Å². The lowest BCUT2D eigenvalue weighted by Gasteiger charge is -2.39. The molecular formula is C30H36N2O2. The van der Waals surface area contributed by atoms with E-state index in [1.54, 1.807) is 0 Å². The third-order valence-electron chi connectivity index (χ3n) is 6.83. The van der Waals surface area contributed by atoms with E-state index in [2.05, 4.69) is 48.3 Å². The van der Waals surface area contributed by atoms with Crippen LogP contribution in [0.1, 0.15) is 60.2 Å². The number of amides is 1. The highest BCUT2D eigenvalue weighted by Gasteiger charge is 2.24. The van der Waals surface area contributed by atoms with Gasteiger partial charge in [-0.15, -0.1) is 0 Å². The molecule has 0 unspecified atom stereocenters. The van der Waals surface area contributed by atoms with Gasteiger partial charge in [0, 0.05) is 30.7 Å². The first-order valence-electron chi connectivity index (χ1n) is 12.5. The Morgan fingerprint density at radius 3 is 2.18 bits per heavy atom. The van der Waals surface area contributed by atoms with Crippen LogP contribution >= 0.6 is 0 Å². The van der Waals surface area contributed by atoms with Crippen molar-refractivity contribution in [3.63, 3.8) is 0 Å². The van der Waals surface area contributed by atoms with Gasteiger partial charge in [0.25, 0.3) is 5.91 Å². The first-order valence-corrected chi connectivity index (χ1v) is 12.5. The van der Waals surface area contributed by atoms with Crippen LogP contribution in [0, 0.1) is 0 Å². The third-order valence-corrected chi connectivity index (χ3v) is 6.83. The Bertz CT molecular complexity index is 1020. The zero-order chi connectivity index (χ0) is 23.8. The van der Waals surface area contributed by atoms with Crippen molar-refractivity contribution >= 4 is 5.91 Å². The molecule has 4 heteroatoms. The zero-order valence-corrected chi connectivity index (χ0v) is 20.4. The van der Waals surface area contributed by atoms with Crippen molar-refractivity contribution in [2.75, 3.05) is 6.54 Å². The van der Waals surface area contributed by atoms with Crippen LogP contribution in [0.15, 0.2) is 78.9 Å². The van der Waals surface area contributed by atoms with E-state index in [1.165, 1.54) is 30.4 Å². The molecule has 4 nitrogen and oxygen atoms in total. The molecule has 0 aliphatic carbocycles. The highest BCUT2D eigenvalue weighted by Crippen LogP contribution is 2.24. The van der Waals surface area contributed by atoms with Crippen molar-refractivity contribution < 1.29 is 9.53 Å². The van der Waals surface area contributed by atoms with Crippen LogP contribution in [0.25, 0.3) is 0 Å². The number of benzene rings is 3. The fraction of sp³-hybridized carbons (Fsp3) is 0.367. The van der Waals surface area contributed by atoms with Gasteiger partial charge < -0.3 is 10.1 Å². The van der Waals surface area contributed by atoms with Gasteiger partial charge in [-0.1, -0.05) is 61.0 Å². The lowest BCUT2D eigenvalue weighted by atomic mass is 9.96. The molecule has 3 aromatic carbocycles. The topological polar surface area (TPSA) is 41.6 Å². The van der Waals surface area contributed by atoms with Gasteiger partial charge in [-0.25, -0.2) is 0 Å². The van der Waals surface area contributed by atoms with Crippen LogP contribution in [-0.4, -0.2) is 29.4 Å². The van der Waals surface area contributed by atoms with Gasteiger partial charge in [-0.05, 0) is 74.1 Å². The lowest BCUT2D eigenvalue weighted by molar-refractivity contribution is 0.0952. The minimum atomic E-state index is -0.0562. The Balaban J connectivity index is 1.20. The molecule has 0 saturated carbocycles. The summed E-state index contributed by atoms with van der Waals surface area (Å²) in [6.45, 7) is 6.84. The highest BCUT2D eigenvalue weighted by atomic mass is 16.5. The van der Waals surface area contributed by atoms with Crippen molar-refractivity contribution in [2.24, 2.45) is 0 Å². The maximum absolute atomic E-state index is 12.5. The summed E-state index contributed by atoms with van der Waals surface area (Å²) < 4.78 is 5.80. The van der Waals surface area contributed by atoms with E-state index in [0.717, 1.165) is 24.3 Å². The van der Waals surface area contributed by atoms with Crippen LogP contribution in [0.3, 0.4) is 0 Å². The quantitative estimate of drug-likeness (QED) is 0.429. The van der Waals surface area contributed by atoms with E-state index in [0.29, 0.717) is 30.8 Å². The van der Waals surface area contributed by atoms with Crippen LogP contribution in [0.4, 0.5) is 0 Å². The SMILES string of the molecule is C[C@@H]1CCC[C@H](C)N1Cc1ccc(CCNC(=O)c2ccc(OCc3ccccc3)cc2)cc1. The molecule has 1 amide bonds. The van der Waals surface area contributed by atoms with Gasteiger partial charge in [-0.2, -0.15) is 0 Å². The Morgan fingerprint density at radius 2 is 1.50 bits per heavy atom. The Labute approximate surface area is 204 Å². The first kappa shape index (κ1) is 24.0. The number of piperidine rings is 1. The number of rotatable bonds is 9. The number of nitrogens with one attached hydrogen (secondary N) is 1. The molecule has 0 spiro atoms. The molecule has 3 aromatic rings. The van der Waals surface area contributed by atoms with Crippen LogP contribution < -0.4 is 10.1 Å². The average molecular weight is 457 g/mol. The molecule has 1 saturated heterocycles. The van der Waals surface area contributed by atoms with Crippen LogP contribution in [0.2, 0.25) is 0 Å². The Hall–Kier alpha value is -3.11. The summed E-state index contributed by atoms with van der Waals surface area (Å²) in [4.78, 5) is 15.1. The maximum atomic E-state index is 12.5. The van der Waals surface area contributed by atoms with Crippen molar-refractivity contribution in [1.29, 1.82) is 0 Å². The molecule has 1 fully saturated rings. The number of carbonyl (C=O) groups is 1. The van der Waals surface area contributed by atoms with Crippen molar-refractivity contribution in [1.82, 2.24) is 10.2 Å². The van der Waals surface area contributed by atoms with Gasteiger partial charge in [0.15, 0.2) is 0 Å². The second-order valence-electron chi connectivity index (χ2n) is 9.42. The summed E-state index contributed by atoms with van der Waals surface area (Å²) in [5.74, 6) is 0.702. The second kappa shape index (κ2) is 11.8. The Morgan fingerprint density at radius 1 is 0.853 bits per heavy atom. The fourth-order valence-electron chi connectivity index (χ4n) is 4.67. The van der Waals surface area contributed by atoms with E-state index >= 15 is 0 Å². The van der Waals surface area contributed by atoms with Gasteiger partial charge in [0.1, 0.15) is 12.4 Å². The van der Waals surface area contributed by atoms with Gasteiger partial charge in [-0.3, -0.25) is 9.69 Å². The number of hydrogen-bond donors (Lipinski definition) is 1. The molecule has 1 aliphatic rings. The minimum Gasteiger partial charge on any atom is -0.489 e. The smallest absolute Gasteiger partial charge is 0.251 e. The molecular weight excluding hydrogens is 420 g/mol. The van der Waals surface area contributed by atoms with Crippen molar-refractivity contribution in [2.45, 2.75) is 64.8 Å². The standard InChI is InChI=1S/C30H36N2O2/c1-23-7-6-8-24(2)32(23)21-26-13-11-25(12-14-26)19-20-31-30(33)28-15-17-29(18-16-28)34-22-27-9-4-3-5-10-27/h3-5,9-18,23-24H,6-8,19-22H2,1-2H3,(H,31,33)/t23-,24+. The number of likely N-dealkylation sites (tertiary alicyclic amines) is 1.